The van der Waals surface area contributed by atoms with Crippen molar-refractivity contribution in [3.8, 4) is 5.75 Å². The van der Waals surface area contributed by atoms with Gasteiger partial charge in [0.05, 0.1) is 0 Å². The molecule has 30 heavy (non-hydrogen) atoms. The quantitative estimate of drug-likeness (QED) is 0.745. The fourth-order valence-electron chi connectivity index (χ4n) is 3.62. The molecule has 0 aromatic heterocycles. The zero-order valence-electron chi connectivity index (χ0n) is 17.1. The number of hydrogen-bond donors (Lipinski definition) is 1. The molecule has 0 saturated heterocycles. The van der Waals surface area contributed by atoms with E-state index in [4.69, 9.17) is 0 Å². The molecule has 7 heteroatoms. The summed E-state index contributed by atoms with van der Waals surface area (Å²) in [6.45, 7) is 1.59. The highest BCUT2D eigenvalue weighted by Crippen LogP contribution is 2.25. The Hall–Kier alpha value is -2.96. The summed E-state index contributed by atoms with van der Waals surface area (Å²) in [4.78, 5) is 27.4. The zero-order chi connectivity index (χ0) is 21.7. The molecule has 160 valence electrons. The molecule has 1 aliphatic rings. The second-order valence-corrected chi connectivity index (χ2v) is 7.85. The van der Waals surface area contributed by atoms with Gasteiger partial charge in [-0.05, 0) is 34.7 Å². The van der Waals surface area contributed by atoms with Gasteiger partial charge in [-0.2, -0.15) is 8.78 Å². The van der Waals surface area contributed by atoms with E-state index < -0.39 is 12.7 Å². The molecule has 0 bridgehead atoms. The molecule has 1 aliphatic heterocycles. The Morgan fingerprint density at radius 2 is 1.87 bits per heavy atom. The molecular formula is C23H26F2N2O3. The van der Waals surface area contributed by atoms with Crippen LogP contribution in [0.25, 0.3) is 0 Å². The number of nitrogens with zero attached hydrogens (tertiary/aromatic N) is 1. The van der Waals surface area contributed by atoms with Gasteiger partial charge in [0.25, 0.3) is 0 Å². The maximum atomic E-state index is 13.0. The SMILES string of the molecule is CC(C)CC(=O)N1Cc2ccccc2CC1C(=O)NCc1cccc(OC(F)F)c1. The predicted octanol–water partition coefficient (Wildman–Crippen LogP) is 3.90. The molecule has 5 nitrogen and oxygen atoms in total. The summed E-state index contributed by atoms with van der Waals surface area (Å²) in [6.07, 6.45) is 0.819. The van der Waals surface area contributed by atoms with Crippen LogP contribution in [0.3, 0.4) is 0 Å². The molecule has 2 amide bonds. The largest absolute Gasteiger partial charge is 0.435 e. The van der Waals surface area contributed by atoms with Crippen LogP contribution in [-0.4, -0.2) is 29.4 Å². The lowest BCUT2D eigenvalue weighted by Gasteiger charge is -2.36. The molecule has 0 aliphatic carbocycles. The van der Waals surface area contributed by atoms with E-state index in [0.29, 0.717) is 24.9 Å². The molecule has 1 N–H and O–H groups in total. The lowest BCUT2D eigenvalue weighted by atomic mass is 9.92. The van der Waals surface area contributed by atoms with Gasteiger partial charge in [-0.25, -0.2) is 0 Å². The summed E-state index contributed by atoms with van der Waals surface area (Å²) in [5.74, 6) is -0.0817. The Kier molecular flexibility index (Phi) is 7.03. The minimum Gasteiger partial charge on any atom is -0.435 e. The van der Waals surface area contributed by atoms with Crippen LogP contribution in [0.15, 0.2) is 48.5 Å². The van der Waals surface area contributed by atoms with Crippen LogP contribution in [0.1, 0.15) is 37.0 Å². The minimum atomic E-state index is -2.90. The number of carbonyl (C=O) groups is 2. The number of alkyl halides is 2. The van der Waals surface area contributed by atoms with Gasteiger partial charge in [0.1, 0.15) is 11.8 Å². The van der Waals surface area contributed by atoms with Gasteiger partial charge >= 0.3 is 6.61 Å². The van der Waals surface area contributed by atoms with Crippen LogP contribution in [0, 0.1) is 5.92 Å². The first-order chi connectivity index (χ1) is 14.3. The normalized spacial score (nSPS) is 15.8. The first kappa shape index (κ1) is 21.7. The maximum Gasteiger partial charge on any atom is 0.387 e. The lowest BCUT2D eigenvalue weighted by Crippen LogP contribution is -2.52. The third-order valence-electron chi connectivity index (χ3n) is 5.04. The van der Waals surface area contributed by atoms with Crippen LogP contribution in [0.5, 0.6) is 5.75 Å². The Bertz CT molecular complexity index is 902. The molecule has 0 spiro atoms. The highest BCUT2D eigenvalue weighted by Gasteiger charge is 2.34. The van der Waals surface area contributed by atoms with Gasteiger partial charge in [-0.1, -0.05) is 50.2 Å². The number of amides is 2. The summed E-state index contributed by atoms with van der Waals surface area (Å²) in [5.41, 5.74) is 2.74. The summed E-state index contributed by atoms with van der Waals surface area (Å²) >= 11 is 0. The average molecular weight is 416 g/mol. The fraction of sp³-hybridized carbons (Fsp3) is 0.391. The molecule has 0 fully saturated rings. The molecule has 1 atom stereocenters. The topological polar surface area (TPSA) is 58.6 Å². The molecule has 3 rings (SSSR count). The number of rotatable bonds is 7. The van der Waals surface area contributed by atoms with Crippen molar-refractivity contribution >= 4 is 11.8 Å². The number of benzene rings is 2. The highest BCUT2D eigenvalue weighted by molar-refractivity contribution is 5.88. The van der Waals surface area contributed by atoms with Crippen molar-refractivity contribution < 1.29 is 23.1 Å². The van der Waals surface area contributed by atoms with Crippen LogP contribution in [-0.2, 0) is 29.1 Å². The molecule has 2 aromatic rings. The number of ether oxygens (including phenoxy) is 1. The van der Waals surface area contributed by atoms with Crippen LogP contribution in [0.4, 0.5) is 8.78 Å². The summed E-state index contributed by atoms with van der Waals surface area (Å²) in [6, 6.07) is 13.4. The van der Waals surface area contributed by atoms with Gasteiger partial charge < -0.3 is 15.0 Å². The van der Waals surface area contributed by atoms with Crippen molar-refractivity contribution in [3.05, 3.63) is 65.2 Å². The van der Waals surface area contributed by atoms with Gasteiger partial charge in [-0.3, -0.25) is 9.59 Å². The number of carbonyl (C=O) groups excluding carboxylic acids is 2. The molecular weight excluding hydrogens is 390 g/mol. The number of fused-ring (bicyclic) bond motifs is 1. The predicted molar refractivity (Wildman–Crippen MR) is 109 cm³/mol. The number of nitrogens with one attached hydrogen (secondary N) is 1. The van der Waals surface area contributed by atoms with Crippen molar-refractivity contribution in [1.29, 1.82) is 0 Å². The Balaban J connectivity index is 1.72. The molecule has 0 saturated carbocycles. The van der Waals surface area contributed by atoms with E-state index in [2.05, 4.69) is 10.1 Å². The van der Waals surface area contributed by atoms with E-state index in [9.17, 15) is 18.4 Å². The van der Waals surface area contributed by atoms with Crippen molar-refractivity contribution in [2.45, 2.75) is 52.4 Å². The average Bonchev–Trinajstić information content (AvgIpc) is 2.70. The van der Waals surface area contributed by atoms with Crippen molar-refractivity contribution in [3.63, 3.8) is 0 Å². The van der Waals surface area contributed by atoms with Crippen molar-refractivity contribution in [2.24, 2.45) is 5.92 Å². The Morgan fingerprint density at radius 1 is 1.13 bits per heavy atom. The van der Waals surface area contributed by atoms with E-state index in [1.165, 1.54) is 12.1 Å². The van der Waals surface area contributed by atoms with Crippen LogP contribution in [0.2, 0.25) is 0 Å². The minimum absolute atomic E-state index is 0.0390. The molecule has 1 heterocycles. The van der Waals surface area contributed by atoms with E-state index >= 15 is 0 Å². The third kappa shape index (κ3) is 5.55. The lowest BCUT2D eigenvalue weighted by molar-refractivity contribution is -0.142. The number of hydrogen-bond acceptors (Lipinski definition) is 3. The third-order valence-corrected chi connectivity index (χ3v) is 5.04. The van der Waals surface area contributed by atoms with E-state index in [1.807, 2.05) is 38.1 Å². The second kappa shape index (κ2) is 9.69. The summed E-state index contributed by atoms with van der Waals surface area (Å²) < 4.78 is 29.2. The van der Waals surface area contributed by atoms with Gasteiger partial charge in [0.15, 0.2) is 0 Å². The first-order valence-electron chi connectivity index (χ1n) is 10.0. The standard InChI is InChI=1S/C23H26F2N2O3/c1-15(2)10-21(28)27-14-18-8-4-3-7-17(18)12-20(27)22(29)26-13-16-6-5-9-19(11-16)30-23(24)25/h3-9,11,15,20,23H,10,12-14H2,1-2H3,(H,26,29). The van der Waals surface area contributed by atoms with Gasteiger partial charge in [0, 0.05) is 25.9 Å². The van der Waals surface area contributed by atoms with Gasteiger partial charge in [0.2, 0.25) is 11.8 Å². The molecule has 0 radical (unpaired) electrons. The monoisotopic (exact) mass is 416 g/mol. The number of halogens is 2. The second-order valence-electron chi connectivity index (χ2n) is 7.85. The Morgan fingerprint density at radius 3 is 2.57 bits per heavy atom. The van der Waals surface area contributed by atoms with E-state index in [1.54, 1.807) is 17.0 Å². The fourth-order valence-corrected chi connectivity index (χ4v) is 3.62. The smallest absolute Gasteiger partial charge is 0.387 e. The van der Waals surface area contributed by atoms with Crippen molar-refractivity contribution in [2.75, 3.05) is 0 Å². The van der Waals surface area contributed by atoms with Crippen LogP contribution < -0.4 is 10.1 Å². The van der Waals surface area contributed by atoms with E-state index in [0.717, 1.165) is 11.1 Å². The highest BCUT2D eigenvalue weighted by atomic mass is 19.3. The molecule has 2 aromatic carbocycles. The van der Waals surface area contributed by atoms with Crippen molar-refractivity contribution in [1.82, 2.24) is 10.2 Å². The van der Waals surface area contributed by atoms with Crippen LogP contribution >= 0.6 is 0 Å². The molecule has 1 unspecified atom stereocenters. The first-order valence-corrected chi connectivity index (χ1v) is 10.0. The zero-order valence-corrected chi connectivity index (χ0v) is 17.1. The maximum absolute atomic E-state index is 13.0. The van der Waals surface area contributed by atoms with Gasteiger partial charge in [-0.15, -0.1) is 0 Å². The summed E-state index contributed by atoms with van der Waals surface area (Å²) in [5, 5.41) is 2.84. The summed E-state index contributed by atoms with van der Waals surface area (Å²) in [7, 11) is 0. The van der Waals surface area contributed by atoms with E-state index in [-0.39, 0.29) is 30.0 Å². The Labute approximate surface area is 175 Å².